The summed E-state index contributed by atoms with van der Waals surface area (Å²) < 4.78 is 30.0. The van der Waals surface area contributed by atoms with Gasteiger partial charge in [0, 0.05) is 24.1 Å². The number of nitrogens with zero attached hydrogens (tertiary/aromatic N) is 4. The number of carbonyl (C=O) groups is 1. The maximum atomic E-state index is 12.3. The van der Waals surface area contributed by atoms with Gasteiger partial charge < -0.3 is 4.42 Å². The number of aromatic nitrogens is 4. The van der Waals surface area contributed by atoms with E-state index in [0.29, 0.717) is 11.3 Å². The molecule has 0 fully saturated rings. The van der Waals surface area contributed by atoms with E-state index in [1.54, 1.807) is 22.9 Å². The molecular formula is C16H17N5O4S. The number of rotatable bonds is 5. The molecular weight excluding hydrogens is 358 g/mol. The summed E-state index contributed by atoms with van der Waals surface area (Å²) in [6.07, 6.45) is 2.67. The van der Waals surface area contributed by atoms with Crippen LogP contribution < -0.4 is 5.32 Å². The average molecular weight is 375 g/mol. The van der Waals surface area contributed by atoms with Gasteiger partial charge in [0.25, 0.3) is 5.91 Å². The Hall–Kier alpha value is -3.01. The summed E-state index contributed by atoms with van der Waals surface area (Å²) in [4.78, 5) is 12.5. The molecule has 1 aromatic carbocycles. The van der Waals surface area contributed by atoms with Crippen molar-refractivity contribution in [2.75, 3.05) is 11.6 Å². The van der Waals surface area contributed by atoms with Crippen LogP contribution in [0.5, 0.6) is 0 Å². The van der Waals surface area contributed by atoms with Crippen molar-refractivity contribution in [1.29, 1.82) is 0 Å². The summed E-state index contributed by atoms with van der Waals surface area (Å²) in [5.41, 5.74) is 0.912. The molecule has 3 rings (SSSR count). The SMILES string of the molecule is CC(C)n1nccc1C(=O)Nc1nnc(-c2ccc(S(C)(=O)=O)cc2)o1. The summed E-state index contributed by atoms with van der Waals surface area (Å²) in [5.74, 6) is -0.253. The summed E-state index contributed by atoms with van der Waals surface area (Å²) in [7, 11) is -3.28. The average Bonchev–Trinajstić information content (AvgIpc) is 3.23. The number of sulfone groups is 1. The van der Waals surface area contributed by atoms with E-state index < -0.39 is 15.7 Å². The minimum atomic E-state index is -3.28. The van der Waals surface area contributed by atoms with E-state index in [0.717, 1.165) is 6.26 Å². The molecule has 136 valence electrons. The Kier molecular flexibility index (Phi) is 4.60. The van der Waals surface area contributed by atoms with E-state index >= 15 is 0 Å². The fraction of sp³-hybridized carbons (Fsp3) is 0.250. The van der Waals surface area contributed by atoms with E-state index in [1.165, 1.54) is 18.3 Å². The molecule has 0 radical (unpaired) electrons. The highest BCUT2D eigenvalue weighted by molar-refractivity contribution is 7.90. The molecule has 0 unspecified atom stereocenters. The van der Waals surface area contributed by atoms with Crippen LogP contribution in [0.25, 0.3) is 11.5 Å². The van der Waals surface area contributed by atoms with E-state index in [1.807, 2.05) is 13.8 Å². The highest BCUT2D eigenvalue weighted by Gasteiger charge is 2.17. The molecule has 26 heavy (non-hydrogen) atoms. The fourth-order valence-electron chi connectivity index (χ4n) is 2.30. The predicted molar refractivity (Wildman–Crippen MR) is 93.4 cm³/mol. The van der Waals surface area contributed by atoms with Crippen LogP contribution in [-0.2, 0) is 9.84 Å². The number of anilines is 1. The van der Waals surface area contributed by atoms with Gasteiger partial charge >= 0.3 is 6.01 Å². The molecule has 9 nitrogen and oxygen atoms in total. The van der Waals surface area contributed by atoms with Crippen LogP contribution in [0.15, 0.2) is 45.8 Å². The van der Waals surface area contributed by atoms with Crippen LogP contribution in [0.1, 0.15) is 30.4 Å². The van der Waals surface area contributed by atoms with Crippen molar-refractivity contribution in [2.24, 2.45) is 0 Å². The van der Waals surface area contributed by atoms with Crippen LogP contribution in [0.2, 0.25) is 0 Å². The molecule has 0 atom stereocenters. The lowest BCUT2D eigenvalue weighted by molar-refractivity contribution is 0.101. The maximum absolute atomic E-state index is 12.3. The number of carbonyl (C=O) groups excluding carboxylic acids is 1. The van der Waals surface area contributed by atoms with Gasteiger partial charge in [0.2, 0.25) is 5.89 Å². The minimum Gasteiger partial charge on any atom is -0.403 e. The molecule has 0 bridgehead atoms. The molecule has 1 amide bonds. The van der Waals surface area contributed by atoms with Crippen molar-refractivity contribution in [1.82, 2.24) is 20.0 Å². The molecule has 0 aliphatic heterocycles. The first kappa shape index (κ1) is 17.8. The Morgan fingerprint density at radius 1 is 1.15 bits per heavy atom. The van der Waals surface area contributed by atoms with Gasteiger partial charge in [-0.15, -0.1) is 5.10 Å². The molecule has 0 saturated heterocycles. The predicted octanol–water partition coefficient (Wildman–Crippen LogP) is 2.17. The molecule has 0 aliphatic carbocycles. The van der Waals surface area contributed by atoms with Crippen LogP contribution in [-0.4, -0.2) is 40.6 Å². The van der Waals surface area contributed by atoms with E-state index in [4.69, 9.17) is 4.42 Å². The van der Waals surface area contributed by atoms with Gasteiger partial charge in [-0.1, -0.05) is 5.10 Å². The van der Waals surface area contributed by atoms with E-state index in [2.05, 4.69) is 20.6 Å². The van der Waals surface area contributed by atoms with Crippen LogP contribution in [0, 0.1) is 0 Å². The van der Waals surface area contributed by atoms with Gasteiger partial charge in [0.05, 0.1) is 4.90 Å². The Bertz CT molecular complexity index is 1030. The van der Waals surface area contributed by atoms with Crippen molar-refractivity contribution < 1.29 is 17.6 Å². The van der Waals surface area contributed by atoms with Crippen molar-refractivity contribution in [3.05, 3.63) is 42.2 Å². The van der Waals surface area contributed by atoms with E-state index in [-0.39, 0.29) is 22.8 Å². The zero-order valence-electron chi connectivity index (χ0n) is 14.4. The van der Waals surface area contributed by atoms with Gasteiger partial charge in [-0.05, 0) is 44.2 Å². The molecule has 2 heterocycles. The van der Waals surface area contributed by atoms with E-state index in [9.17, 15) is 13.2 Å². The highest BCUT2D eigenvalue weighted by atomic mass is 32.2. The van der Waals surface area contributed by atoms with Crippen molar-refractivity contribution in [2.45, 2.75) is 24.8 Å². The van der Waals surface area contributed by atoms with Gasteiger partial charge in [-0.2, -0.15) is 5.10 Å². The van der Waals surface area contributed by atoms with Crippen molar-refractivity contribution in [3.63, 3.8) is 0 Å². The lowest BCUT2D eigenvalue weighted by Crippen LogP contribution is -2.19. The monoisotopic (exact) mass is 375 g/mol. The smallest absolute Gasteiger partial charge is 0.322 e. The standard InChI is InChI=1S/C16H17N5O4S/c1-10(2)21-13(8-9-17-21)14(22)18-16-20-19-15(25-16)11-4-6-12(7-5-11)26(3,23)24/h4-10H,1-3H3,(H,18,20,22). The molecule has 10 heteroatoms. The van der Waals surface area contributed by atoms with Gasteiger partial charge in [-0.3, -0.25) is 14.8 Å². The lowest BCUT2D eigenvalue weighted by Gasteiger charge is -2.09. The maximum Gasteiger partial charge on any atom is 0.322 e. The Morgan fingerprint density at radius 3 is 2.46 bits per heavy atom. The zero-order valence-corrected chi connectivity index (χ0v) is 15.2. The summed E-state index contributed by atoms with van der Waals surface area (Å²) in [6, 6.07) is 7.58. The molecule has 0 saturated carbocycles. The molecule has 1 N–H and O–H groups in total. The van der Waals surface area contributed by atoms with Gasteiger partial charge in [0.1, 0.15) is 5.69 Å². The second-order valence-electron chi connectivity index (χ2n) is 5.92. The van der Waals surface area contributed by atoms with Crippen molar-refractivity contribution >= 4 is 21.8 Å². The minimum absolute atomic E-state index is 0.0253. The van der Waals surface area contributed by atoms with Crippen LogP contribution in [0.3, 0.4) is 0 Å². The second-order valence-corrected chi connectivity index (χ2v) is 7.93. The van der Waals surface area contributed by atoms with Crippen LogP contribution in [0.4, 0.5) is 6.01 Å². The normalized spacial score (nSPS) is 11.7. The largest absolute Gasteiger partial charge is 0.403 e. The van der Waals surface area contributed by atoms with Crippen molar-refractivity contribution in [3.8, 4) is 11.5 Å². The zero-order chi connectivity index (χ0) is 18.9. The third-order valence-electron chi connectivity index (χ3n) is 3.57. The summed E-state index contributed by atoms with van der Waals surface area (Å²) >= 11 is 0. The number of hydrogen-bond donors (Lipinski definition) is 1. The number of hydrogen-bond acceptors (Lipinski definition) is 7. The van der Waals surface area contributed by atoms with Gasteiger partial charge in [-0.25, -0.2) is 8.42 Å². The molecule has 0 aliphatic rings. The molecule has 2 aromatic heterocycles. The number of nitrogens with one attached hydrogen (secondary N) is 1. The third-order valence-corrected chi connectivity index (χ3v) is 4.70. The quantitative estimate of drug-likeness (QED) is 0.725. The Morgan fingerprint density at radius 2 is 1.85 bits per heavy atom. The molecule has 3 aromatic rings. The second kappa shape index (κ2) is 6.71. The number of amides is 1. The Balaban J connectivity index is 1.78. The van der Waals surface area contributed by atoms with Crippen LogP contribution >= 0.6 is 0 Å². The fourth-order valence-corrected chi connectivity index (χ4v) is 2.93. The third kappa shape index (κ3) is 3.64. The first-order valence-electron chi connectivity index (χ1n) is 7.74. The summed E-state index contributed by atoms with van der Waals surface area (Å²) in [5, 5.41) is 14.3. The molecule has 0 spiro atoms. The topological polar surface area (TPSA) is 120 Å². The first-order chi connectivity index (χ1) is 12.3. The highest BCUT2D eigenvalue weighted by Crippen LogP contribution is 2.22. The lowest BCUT2D eigenvalue weighted by atomic mass is 10.2. The summed E-state index contributed by atoms with van der Waals surface area (Å²) in [6.45, 7) is 3.82. The van der Waals surface area contributed by atoms with Gasteiger partial charge in [0.15, 0.2) is 9.84 Å². The Labute approximate surface area is 150 Å². The first-order valence-corrected chi connectivity index (χ1v) is 9.63. The number of benzene rings is 1.